The molecule has 1 aromatic carbocycles. The topological polar surface area (TPSA) is 71.3 Å². The van der Waals surface area contributed by atoms with Gasteiger partial charge in [0.25, 0.3) is 5.91 Å². The van der Waals surface area contributed by atoms with Gasteiger partial charge in [-0.1, -0.05) is 25.1 Å². The first-order valence-corrected chi connectivity index (χ1v) is 10.8. The van der Waals surface area contributed by atoms with Crippen molar-refractivity contribution in [2.24, 2.45) is 0 Å². The number of carbonyl (C=O) groups is 1. The Bertz CT molecular complexity index is 1020. The van der Waals surface area contributed by atoms with Crippen LogP contribution < -0.4 is 5.32 Å². The molecule has 2 heterocycles. The van der Waals surface area contributed by atoms with Crippen LogP contribution in [-0.2, 0) is 25.7 Å². The molecule has 0 bridgehead atoms. The van der Waals surface area contributed by atoms with E-state index in [1.807, 2.05) is 32.0 Å². The van der Waals surface area contributed by atoms with Crippen molar-refractivity contribution in [3.8, 4) is 0 Å². The van der Waals surface area contributed by atoms with Crippen LogP contribution in [0.4, 0.5) is 13.2 Å². The molecule has 0 saturated heterocycles. The number of hydrogen-bond acceptors (Lipinski definition) is 5. The number of nitrogens with one attached hydrogen (secondary N) is 1. The van der Waals surface area contributed by atoms with Crippen molar-refractivity contribution in [1.82, 2.24) is 20.2 Å². The average molecular weight is 461 g/mol. The third kappa shape index (κ3) is 7.15. The largest absolute Gasteiger partial charge is 0.447 e. The van der Waals surface area contributed by atoms with E-state index >= 15 is 0 Å². The third-order valence-electron chi connectivity index (χ3n) is 5.40. The summed E-state index contributed by atoms with van der Waals surface area (Å²) >= 11 is 0. The van der Waals surface area contributed by atoms with Gasteiger partial charge < -0.3 is 9.73 Å². The maximum absolute atomic E-state index is 12.8. The van der Waals surface area contributed by atoms with Crippen LogP contribution in [0, 0.1) is 0 Å². The zero-order chi connectivity index (χ0) is 23.8. The molecule has 0 aliphatic heterocycles. The first kappa shape index (κ1) is 24.4. The zero-order valence-corrected chi connectivity index (χ0v) is 18.6. The Morgan fingerprint density at radius 3 is 2.55 bits per heavy atom. The first-order valence-electron chi connectivity index (χ1n) is 10.8. The summed E-state index contributed by atoms with van der Waals surface area (Å²) in [6.07, 6.45) is 0.100. The molecule has 0 radical (unpaired) electrons. The lowest BCUT2D eigenvalue weighted by Crippen LogP contribution is -2.32. The summed E-state index contributed by atoms with van der Waals surface area (Å²) in [5.74, 6) is 0.0378. The molecular weight excluding hydrogens is 433 g/mol. The normalized spacial score (nSPS) is 12.7. The molecule has 176 valence electrons. The molecule has 3 aromatic rings. The lowest BCUT2D eigenvalue weighted by atomic mass is 10.1. The van der Waals surface area contributed by atoms with Crippen molar-refractivity contribution in [1.29, 1.82) is 0 Å². The van der Waals surface area contributed by atoms with E-state index in [9.17, 15) is 18.0 Å². The quantitative estimate of drug-likeness (QED) is 0.468. The number of oxazole rings is 1. The highest BCUT2D eigenvalue weighted by Crippen LogP contribution is 2.29. The van der Waals surface area contributed by atoms with E-state index in [4.69, 9.17) is 4.42 Å². The number of rotatable bonds is 10. The number of hydrogen-bond donors (Lipinski definition) is 1. The van der Waals surface area contributed by atoms with Crippen LogP contribution in [0.1, 0.15) is 53.5 Å². The second-order valence-electron chi connectivity index (χ2n) is 7.81. The van der Waals surface area contributed by atoms with Crippen molar-refractivity contribution in [3.05, 3.63) is 83.3 Å². The molecule has 1 unspecified atom stereocenters. The average Bonchev–Trinajstić information content (AvgIpc) is 3.27. The minimum atomic E-state index is -4.36. The first-order chi connectivity index (χ1) is 15.8. The van der Waals surface area contributed by atoms with Crippen molar-refractivity contribution in [2.45, 2.75) is 52.0 Å². The number of nitrogens with zero attached hydrogens (tertiary/aromatic N) is 3. The lowest BCUT2D eigenvalue weighted by Gasteiger charge is -2.27. The Morgan fingerprint density at radius 2 is 1.91 bits per heavy atom. The van der Waals surface area contributed by atoms with Gasteiger partial charge in [-0.05, 0) is 43.2 Å². The van der Waals surface area contributed by atoms with Gasteiger partial charge >= 0.3 is 6.18 Å². The number of aromatic nitrogens is 2. The second-order valence-corrected chi connectivity index (χ2v) is 7.81. The molecule has 3 rings (SSSR count). The van der Waals surface area contributed by atoms with Gasteiger partial charge in [-0.2, -0.15) is 13.2 Å². The summed E-state index contributed by atoms with van der Waals surface area (Å²) in [5.41, 5.74) is 1.14. The highest BCUT2D eigenvalue weighted by molar-refractivity contribution is 5.91. The molecule has 0 saturated carbocycles. The van der Waals surface area contributed by atoms with E-state index in [-0.39, 0.29) is 17.6 Å². The molecule has 1 N–H and O–H groups in total. The van der Waals surface area contributed by atoms with Crippen molar-refractivity contribution >= 4 is 5.91 Å². The molecular formula is C24H27F3N4O2. The van der Waals surface area contributed by atoms with E-state index in [1.54, 1.807) is 6.20 Å². The number of alkyl halides is 3. The molecule has 2 aromatic heterocycles. The van der Waals surface area contributed by atoms with Gasteiger partial charge in [0, 0.05) is 37.4 Å². The number of pyridine rings is 1. The van der Waals surface area contributed by atoms with E-state index in [0.717, 1.165) is 29.8 Å². The predicted octanol–water partition coefficient (Wildman–Crippen LogP) is 4.86. The molecule has 0 fully saturated rings. The summed E-state index contributed by atoms with van der Waals surface area (Å²) in [6, 6.07) is 10.9. The lowest BCUT2D eigenvalue weighted by molar-refractivity contribution is -0.137. The van der Waals surface area contributed by atoms with Crippen LogP contribution in [0.5, 0.6) is 0 Å². The van der Waals surface area contributed by atoms with Crippen LogP contribution in [0.3, 0.4) is 0 Å². The van der Waals surface area contributed by atoms with Gasteiger partial charge in [0.1, 0.15) is 6.26 Å². The Labute approximate surface area is 190 Å². The fraction of sp³-hybridized carbons (Fsp3) is 0.375. The summed E-state index contributed by atoms with van der Waals surface area (Å²) < 4.78 is 44.0. The minimum Gasteiger partial charge on any atom is -0.447 e. The van der Waals surface area contributed by atoms with E-state index in [0.29, 0.717) is 31.9 Å². The molecule has 1 atom stereocenters. The molecule has 1 amide bonds. The number of amides is 1. The fourth-order valence-corrected chi connectivity index (χ4v) is 3.26. The fourth-order valence-electron chi connectivity index (χ4n) is 3.26. The van der Waals surface area contributed by atoms with Crippen molar-refractivity contribution in [2.75, 3.05) is 6.54 Å². The van der Waals surface area contributed by atoms with Crippen LogP contribution in [0.15, 0.2) is 59.3 Å². The Hall–Kier alpha value is -3.20. The van der Waals surface area contributed by atoms with Gasteiger partial charge in [-0.25, -0.2) is 4.98 Å². The smallest absolute Gasteiger partial charge is 0.416 e. The number of carbonyl (C=O) groups excluding carboxylic acids is 1. The number of halogens is 3. The third-order valence-corrected chi connectivity index (χ3v) is 5.40. The predicted molar refractivity (Wildman–Crippen MR) is 117 cm³/mol. The maximum atomic E-state index is 12.8. The highest BCUT2D eigenvalue weighted by Gasteiger charge is 2.30. The zero-order valence-electron chi connectivity index (χ0n) is 18.6. The molecule has 0 spiro atoms. The minimum absolute atomic E-state index is 0.134. The van der Waals surface area contributed by atoms with Crippen LogP contribution >= 0.6 is 0 Å². The van der Waals surface area contributed by atoms with Gasteiger partial charge in [0.2, 0.25) is 5.89 Å². The molecule has 9 heteroatoms. The van der Waals surface area contributed by atoms with E-state index < -0.39 is 11.7 Å². The highest BCUT2D eigenvalue weighted by atomic mass is 19.4. The van der Waals surface area contributed by atoms with Gasteiger partial charge in [-0.15, -0.1) is 0 Å². The Balaban J connectivity index is 1.59. The second kappa shape index (κ2) is 11.1. The van der Waals surface area contributed by atoms with Crippen LogP contribution in [0.25, 0.3) is 0 Å². The van der Waals surface area contributed by atoms with Crippen molar-refractivity contribution < 1.29 is 22.4 Å². The number of benzene rings is 1. The van der Waals surface area contributed by atoms with Crippen LogP contribution in [-0.4, -0.2) is 33.4 Å². The molecule has 6 nitrogen and oxygen atoms in total. The maximum Gasteiger partial charge on any atom is 0.416 e. The standard InChI is InChI=1S/C24H27F3N4O2/c1-3-17(2)31(14-18-7-9-19(10-8-18)24(25,26)27)15-22-30-21(16-33-22)23(32)29-13-11-20-6-4-5-12-28-20/h4-10,12,16-17H,3,11,13-15H2,1-2H3,(H,29,32). The monoisotopic (exact) mass is 460 g/mol. The molecule has 0 aliphatic carbocycles. The van der Waals surface area contributed by atoms with E-state index in [2.05, 4.69) is 20.2 Å². The summed E-state index contributed by atoms with van der Waals surface area (Å²) in [7, 11) is 0. The SMILES string of the molecule is CCC(C)N(Cc1ccc(C(F)(F)F)cc1)Cc1nc(C(=O)NCCc2ccccn2)co1. The van der Waals surface area contributed by atoms with Gasteiger partial charge in [0.15, 0.2) is 5.69 Å². The van der Waals surface area contributed by atoms with Gasteiger partial charge in [-0.3, -0.25) is 14.7 Å². The van der Waals surface area contributed by atoms with Crippen LogP contribution in [0.2, 0.25) is 0 Å². The summed E-state index contributed by atoms with van der Waals surface area (Å²) in [5, 5.41) is 2.80. The Morgan fingerprint density at radius 1 is 1.15 bits per heavy atom. The Kier molecular flexibility index (Phi) is 8.21. The summed E-state index contributed by atoms with van der Waals surface area (Å²) in [4.78, 5) is 22.9. The molecule has 0 aliphatic rings. The van der Waals surface area contributed by atoms with E-state index in [1.165, 1.54) is 18.4 Å². The van der Waals surface area contributed by atoms with Crippen molar-refractivity contribution in [3.63, 3.8) is 0 Å². The molecule has 33 heavy (non-hydrogen) atoms. The summed E-state index contributed by atoms with van der Waals surface area (Å²) in [6.45, 7) is 5.24. The van der Waals surface area contributed by atoms with Gasteiger partial charge in [0.05, 0.1) is 12.1 Å².